The molecule has 0 amide bonds. The van der Waals surface area contributed by atoms with Crippen LogP contribution in [0.1, 0.15) is 18.4 Å². The summed E-state index contributed by atoms with van der Waals surface area (Å²) in [6.07, 6.45) is 1.41. The largest absolute Gasteiger partial charge is 0.497 e. The van der Waals surface area contributed by atoms with Crippen molar-refractivity contribution in [3.05, 3.63) is 29.8 Å². The third-order valence-corrected chi connectivity index (χ3v) is 3.34. The zero-order valence-electron chi connectivity index (χ0n) is 10.8. The Kier molecular flexibility index (Phi) is 4.58. The van der Waals surface area contributed by atoms with E-state index in [0.717, 1.165) is 17.9 Å². The molecule has 1 heterocycles. The number of hydrogen-bond donors (Lipinski definition) is 2. The molecular weight excluding hydrogens is 230 g/mol. The molecule has 0 aliphatic carbocycles. The summed E-state index contributed by atoms with van der Waals surface area (Å²) in [5.41, 5.74) is 0.543. The summed E-state index contributed by atoms with van der Waals surface area (Å²) < 4.78 is 10.4. The first-order valence-corrected chi connectivity index (χ1v) is 6.36. The van der Waals surface area contributed by atoms with Gasteiger partial charge in [0.25, 0.3) is 0 Å². The van der Waals surface area contributed by atoms with Gasteiger partial charge in [-0.15, -0.1) is 0 Å². The lowest BCUT2D eigenvalue weighted by Gasteiger charge is -2.32. The number of ether oxygens (including phenoxy) is 2. The van der Waals surface area contributed by atoms with E-state index in [2.05, 4.69) is 5.32 Å². The summed E-state index contributed by atoms with van der Waals surface area (Å²) in [5, 5.41) is 13.6. The highest BCUT2D eigenvalue weighted by Crippen LogP contribution is 2.19. The van der Waals surface area contributed by atoms with Crippen LogP contribution in [-0.2, 0) is 11.3 Å². The van der Waals surface area contributed by atoms with Gasteiger partial charge in [-0.25, -0.2) is 0 Å². The summed E-state index contributed by atoms with van der Waals surface area (Å²) in [5.74, 6) is 0.860. The normalized spacial score (nSPS) is 18.6. The molecule has 0 spiro atoms. The van der Waals surface area contributed by atoms with Crippen molar-refractivity contribution in [2.24, 2.45) is 0 Å². The zero-order valence-corrected chi connectivity index (χ0v) is 10.8. The average molecular weight is 251 g/mol. The zero-order chi connectivity index (χ0) is 12.8. The van der Waals surface area contributed by atoms with Crippen LogP contribution in [0.3, 0.4) is 0 Å². The fourth-order valence-electron chi connectivity index (χ4n) is 2.15. The quantitative estimate of drug-likeness (QED) is 0.829. The first-order chi connectivity index (χ1) is 8.72. The molecule has 4 heteroatoms. The van der Waals surface area contributed by atoms with Gasteiger partial charge in [0.2, 0.25) is 0 Å². The summed E-state index contributed by atoms with van der Waals surface area (Å²) in [7, 11) is 1.66. The van der Waals surface area contributed by atoms with Crippen LogP contribution < -0.4 is 10.1 Å². The fourth-order valence-corrected chi connectivity index (χ4v) is 2.15. The molecule has 0 saturated carbocycles. The molecule has 2 rings (SSSR count). The van der Waals surface area contributed by atoms with Crippen molar-refractivity contribution < 1.29 is 14.6 Å². The fraction of sp³-hybridized carbons (Fsp3) is 0.571. The Balaban J connectivity index is 1.80. The molecule has 0 atom stereocenters. The van der Waals surface area contributed by atoms with Crippen LogP contribution in [0, 0.1) is 0 Å². The molecule has 0 bridgehead atoms. The van der Waals surface area contributed by atoms with Gasteiger partial charge >= 0.3 is 0 Å². The molecule has 1 aromatic rings. The minimum Gasteiger partial charge on any atom is -0.497 e. The molecule has 0 aromatic heterocycles. The Hall–Kier alpha value is -1.10. The van der Waals surface area contributed by atoms with E-state index in [1.807, 2.05) is 24.3 Å². The molecule has 2 N–H and O–H groups in total. The third kappa shape index (κ3) is 3.70. The molecule has 0 unspecified atom stereocenters. The highest BCUT2D eigenvalue weighted by atomic mass is 16.5. The van der Waals surface area contributed by atoms with E-state index in [0.29, 0.717) is 32.6 Å². The van der Waals surface area contributed by atoms with Crippen LogP contribution in [0.15, 0.2) is 24.3 Å². The van der Waals surface area contributed by atoms with E-state index in [-0.39, 0.29) is 0 Å². The molecule has 1 fully saturated rings. The topological polar surface area (TPSA) is 50.7 Å². The summed E-state index contributed by atoms with van der Waals surface area (Å²) in [6.45, 7) is 2.64. The van der Waals surface area contributed by atoms with Crippen LogP contribution in [0.4, 0.5) is 0 Å². The standard InChI is InChI=1S/C14H21NO3/c1-17-13-4-2-3-12(9-13)10-15-11-14(16)5-7-18-8-6-14/h2-4,9,15-16H,5-8,10-11H2,1H3. The molecule has 100 valence electrons. The van der Waals surface area contributed by atoms with Gasteiger partial charge in [0.15, 0.2) is 0 Å². The predicted octanol–water partition coefficient (Wildman–Crippen LogP) is 1.33. The Morgan fingerprint density at radius 1 is 1.39 bits per heavy atom. The maximum atomic E-state index is 10.3. The van der Waals surface area contributed by atoms with Gasteiger partial charge in [0.1, 0.15) is 5.75 Å². The van der Waals surface area contributed by atoms with E-state index < -0.39 is 5.60 Å². The van der Waals surface area contributed by atoms with Crippen molar-refractivity contribution in [3.8, 4) is 5.75 Å². The van der Waals surface area contributed by atoms with Crippen LogP contribution in [0.2, 0.25) is 0 Å². The molecule has 1 aliphatic rings. The number of methoxy groups -OCH3 is 1. The van der Waals surface area contributed by atoms with Gasteiger partial charge in [-0.2, -0.15) is 0 Å². The van der Waals surface area contributed by atoms with E-state index in [4.69, 9.17) is 9.47 Å². The van der Waals surface area contributed by atoms with E-state index in [1.54, 1.807) is 7.11 Å². The lowest BCUT2D eigenvalue weighted by atomic mass is 9.94. The van der Waals surface area contributed by atoms with Gasteiger partial charge in [0, 0.05) is 39.1 Å². The Bertz CT molecular complexity index is 375. The second-order valence-electron chi connectivity index (χ2n) is 4.79. The van der Waals surface area contributed by atoms with Crippen molar-refractivity contribution in [1.29, 1.82) is 0 Å². The van der Waals surface area contributed by atoms with E-state index in [9.17, 15) is 5.11 Å². The molecule has 1 aromatic carbocycles. The number of nitrogens with one attached hydrogen (secondary N) is 1. The second kappa shape index (κ2) is 6.18. The van der Waals surface area contributed by atoms with Gasteiger partial charge in [-0.05, 0) is 17.7 Å². The molecule has 0 radical (unpaired) electrons. The molecular formula is C14H21NO3. The Labute approximate surface area is 108 Å². The second-order valence-corrected chi connectivity index (χ2v) is 4.79. The number of aliphatic hydroxyl groups is 1. The SMILES string of the molecule is COc1cccc(CNCC2(O)CCOCC2)c1. The summed E-state index contributed by atoms with van der Waals surface area (Å²) >= 11 is 0. The van der Waals surface area contributed by atoms with Gasteiger partial charge in [-0.3, -0.25) is 0 Å². The van der Waals surface area contributed by atoms with E-state index >= 15 is 0 Å². The molecule has 1 saturated heterocycles. The first-order valence-electron chi connectivity index (χ1n) is 6.36. The Morgan fingerprint density at radius 2 is 2.17 bits per heavy atom. The van der Waals surface area contributed by atoms with Crippen LogP contribution in [0.5, 0.6) is 5.75 Å². The Morgan fingerprint density at radius 3 is 2.89 bits per heavy atom. The molecule has 4 nitrogen and oxygen atoms in total. The maximum Gasteiger partial charge on any atom is 0.119 e. The summed E-state index contributed by atoms with van der Waals surface area (Å²) in [6, 6.07) is 7.94. The number of hydrogen-bond acceptors (Lipinski definition) is 4. The molecule has 1 aliphatic heterocycles. The smallest absolute Gasteiger partial charge is 0.119 e. The third-order valence-electron chi connectivity index (χ3n) is 3.34. The lowest BCUT2D eigenvalue weighted by Crippen LogP contribution is -2.44. The van der Waals surface area contributed by atoms with Crippen molar-refractivity contribution >= 4 is 0 Å². The van der Waals surface area contributed by atoms with Crippen LogP contribution in [-0.4, -0.2) is 37.6 Å². The summed E-state index contributed by atoms with van der Waals surface area (Å²) in [4.78, 5) is 0. The lowest BCUT2D eigenvalue weighted by molar-refractivity contribution is -0.0617. The first kappa shape index (κ1) is 13.3. The van der Waals surface area contributed by atoms with Gasteiger partial charge < -0.3 is 19.9 Å². The van der Waals surface area contributed by atoms with Crippen molar-refractivity contribution in [2.45, 2.75) is 25.0 Å². The van der Waals surface area contributed by atoms with Crippen molar-refractivity contribution in [2.75, 3.05) is 26.9 Å². The maximum absolute atomic E-state index is 10.3. The van der Waals surface area contributed by atoms with Gasteiger partial charge in [0.05, 0.1) is 12.7 Å². The van der Waals surface area contributed by atoms with Crippen LogP contribution >= 0.6 is 0 Å². The highest BCUT2D eigenvalue weighted by molar-refractivity contribution is 5.28. The van der Waals surface area contributed by atoms with Crippen molar-refractivity contribution in [1.82, 2.24) is 5.32 Å². The van der Waals surface area contributed by atoms with Crippen molar-refractivity contribution in [3.63, 3.8) is 0 Å². The number of benzene rings is 1. The number of rotatable bonds is 5. The van der Waals surface area contributed by atoms with E-state index in [1.165, 1.54) is 0 Å². The average Bonchev–Trinajstić information content (AvgIpc) is 2.40. The predicted molar refractivity (Wildman–Crippen MR) is 69.7 cm³/mol. The highest BCUT2D eigenvalue weighted by Gasteiger charge is 2.28. The monoisotopic (exact) mass is 251 g/mol. The van der Waals surface area contributed by atoms with Crippen LogP contribution in [0.25, 0.3) is 0 Å². The minimum absolute atomic E-state index is 0.605. The van der Waals surface area contributed by atoms with Gasteiger partial charge in [-0.1, -0.05) is 12.1 Å². The minimum atomic E-state index is -0.614. The molecule has 18 heavy (non-hydrogen) atoms.